The van der Waals surface area contributed by atoms with Crippen LogP contribution in [0.15, 0.2) is 59.6 Å². The third kappa shape index (κ3) is 4.09. The number of nitrogens with one attached hydrogen (secondary N) is 1. The first-order valence-corrected chi connectivity index (χ1v) is 11.6. The summed E-state index contributed by atoms with van der Waals surface area (Å²) in [6, 6.07) is 14.0. The first-order valence-electron chi connectivity index (χ1n) is 9.75. The molecule has 4 rings (SSSR count). The lowest BCUT2D eigenvalue weighted by molar-refractivity contribution is -0.131. The second-order valence-corrected chi connectivity index (χ2v) is 9.52. The van der Waals surface area contributed by atoms with Gasteiger partial charge in [-0.25, -0.2) is 8.42 Å². The van der Waals surface area contributed by atoms with Crippen LogP contribution < -0.4 is 0 Å². The lowest BCUT2D eigenvalue weighted by Crippen LogP contribution is -2.51. The summed E-state index contributed by atoms with van der Waals surface area (Å²) < 4.78 is 23.5. The van der Waals surface area contributed by atoms with Crippen LogP contribution in [-0.4, -0.2) is 67.5 Å². The second kappa shape index (κ2) is 7.95. The van der Waals surface area contributed by atoms with Gasteiger partial charge >= 0.3 is 0 Å². The quantitative estimate of drug-likeness (QED) is 0.693. The van der Waals surface area contributed by atoms with Gasteiger partial charge in [-0.2, -0.15) is 0 Å². The van der Waals surface area contributed by atoms with E-state index in [1.165, 1.54) is 12.1 Å². The highest BCUT2D eigenvalue weighted by atomic mass is 32.2. The molecule has 2 heterocycles. The van der Waals surface area contributed by atoms with Gasteiger partial charge in [-0.05, 0) is 29.8 Å². The molecule has 30 heavy (non-hydrogen) atoms. The average molecular weight is 426 g/mol. The van der Waals surface area contributed by atoms with Gasteiger partial charge < -0.3 is 14.8 Å². The molecule has 0 radical (unpaired) electrons. The van der Waals surface area contributed by atoms with E-state index in [-0.39, 0.29) is 16.7 Å². The predicted molar refractivity (Wildman–Crippen MR) is 114 cm³/mol. The zero-order valence-electron chi connectivity index (χ0n) is 16.7. The number of sulfone groups is 1. The monoisotopic (exact) mass is 425 g/mol. The van der Waals surface area contributed by atoms with Crippen molar-refractivity contribution in [3.8, 4) is 0 Å². The molecule has 0 unspecified atom stereocenters. The first-order chi connectivity index (χ1) is 14.3. The smallest absolute Gasteiger partial charge is 0.254 e. The summed E-state index contributed by atoms with van der Waals surface area (Å²) in [6.07, 6.45) is 3.31. The molecule has 7 nitrogen and oxygen atoms in total. The molecule has 0 spiro atoms. The molecule has 1 fully saturated rings. The van der Waals surface area contributed by atoms with Crippen LogP contribution in [0.25, 0.3) is 10.9 Å². The molecule has 3 aromatic rings. The van der Waals surface area contributed by atoms with Crippen molar-refractivity contribution in [2.45, 2.75) is 11.3 Å². The van der Waals surface area contributed by atoms with Crippen molar-refractivity contribution in [1.29, 1.82) is 0 Å². The summed E-state index contributed by atoms with van der Waals surface area (Å²) in [6.45, 7) is 1.75. The summed E-state index contributed by atoms with van der Waals surface area (Å²) in [7, 11) is -3.38. The van der Waals surface area contributed by atoms with Gasteiger partial charge in [-0.1, -0.05) is 24.3 Å². The fourth-order valence-electron chi connectivity index (χ4n) is 3.75. The van der Waals surface area contributed by atoms with Gasteiger partial charge in [0.05, 0.1) is 11.3 Å². The number of hydrogen-bond donors (Lipinski definition) is 1. The van der Waals surface area contributed by atoms with Crippen LogP contribution in [-0.2, 0) is 21.1 Å². The van der Waals surface area contributed by atoms with Gasteiger partial charge in [0.25, 0.3) is 5.91 Å². The fraction of sp³-hybridized carbons (Fsp3) is 0.273. The molecular formula is C22H23N3O4S. The number of fused-ring (bicyclic) bond motifs is 1. The highest BCUT2D eigenvalue weighted by molar-refractivity contribution is 7.90. The molecule has 2 amide bonds. The van der Waals surface area contributed by atoms with Crippen LogP contribution >= 0.6 is 0 Å². The number of aromatic amines is 1. The SMILES string of the molecule is CS(=O)(=O)c1cccc(C(=O)N2CCN(C(=O)Cc3c[nH]c4ccccc34)CC2)c1. The third-order valence-corrected chi connectivity index (χ3v) is 6.56. The number of rotatable bonds is 4. The number of hydrogen-bond acceptors (Lipinski definition) is 4. The van der Waals surface area contributed by atoms with E-state index in [1.54, 1.807) is 21.9 Å². The average Bonchev–Trinajstić information content (AvgIpc) is 3.16. The molecule has 0 atom stereocenters. The van der Waals surface area contributed by atoms with Crippen molar-refractivity contribution in [2.75, 3.05) is 32.4 Å². The first kappa shape index (κ1) is 20.2. The Hall–Kier alpha value is -3.13. The van der Waals surface area contributed by atoms with Gasteiger partial charge in [0.1, 0.15) is 0 Å². The molecule has 0 bridgehead atoms. The molecule has 1 aromatic heterocycles. The number of carbonyl (C=O) groups excluding carboxylic acids is 2. The van der Waals surface area contributed by atoms with Crippen molar-refractivity contribution in [3.05, 3.63) is 65.9 Å². The van der Waals surface area contributed by atoms with Crippen molar-refractivity contribution >= 4 is 32.6 Å². The van der Waals surface area contributed by atoms with Gasteiger partial charge in [-0.15, -0.1) is 0 Å². The molecular weight excluding hydrogens is 402 g/mol. The number of para-hydroxylation sites is 1. The maximum Gasteiger partial charge on any atom is 0.254 e. The predicted octanol–water partition coefficient (Wildman–Crippen LogP) is 2.10. The van der Waals surface area contributed by atoms with E-state index in [0.717, 1.165) is 22.7 Å². The van der Waals surface area contributed by atoms with Gasteiger partial charge in [-0.3, -0.25) is 9.59 Å². The minimum absolute atomic E-state index is 0.0333. The molecule has 1 aliphatic heterocycles. The molecule has 8 heteroatoms. The zero-order valence-corrected chi connectivity index (χ0v) is 17.5. The number of aromatic nitrogens is 1. The molecule has 1 N–H and O–H groups in total. The summed E-state index contributed by atoms with van der Waals surface area (Å²) in [5.74, 6) is -0.185. The van der Waals surface area contributed by atoms with Crippen molar-refractivity contribution < 1.29 is 18.0 Å². The molecule has 1 saturated heterocycles. The summed E-state index contributed by atoms with van der Waals surface area (Å²) in [5.41, 5.74) is 2.32. The molecule has 2 aromatic carbocycles. The Labute approximate surface area is 175 Å². The maximum atomic E-state index is 12.8. The number of carbonyl (C=O) groups is 2. The highest BCUT2D eigenvalue weighted by Crippen LogP contribution is 2.19. The normalized spacial score (nSPS) is 14.8. The Morgan fingerprint density at radius 3 is 2.40 bits per heavy atom. The second-order valence-electron chi connectivity index (χ2n) is 7.51. The number of benzene rings is 2. The molecule has 0 aliphatic carbocycles. The van der Waals surface area contributed by atoms with E-state index in [9.17, 15) is 18.0 Å². The van der Waals surface area contributed by atoms with E-state index >= 15 is 0 Å². The van der Waals surface area contributed by atoms with E-state index in [0.29, 0.717) is 38.2 Å². The molecule has 0 saturated carbocycles. The third-order valence-electron chi connectivity index (χ3n) is 5.45. The lowest BCUT2D eigenvalue weighted by Gasteiger charge is -2.35. The summed E-state index contributed by atoms with van der Waals surface area (Å²) in [4.78, 5) is 32.3. The van der Waals surface area contributed by atoms with Crippen LogP contribution in [0.4, 0.5) is 0 Å². The summed E-state index contributed by atoms with van der Waals surface area (Å²) >= 11 is 0. The van der Waals surface area contributed by atoms with Crippen LogP contribution in [0.1, 0.15) is 15.9 Å². The van der Waals surface area contributed by atoms with E-state index in [2.05, 4.69) is 4.98 Å². The number of amides is 2. The van der Waals surface area contributed by atoms with Crippen LogP contribution in [0.5, 0.6) is 0 Å². The van der Waals surface area contributed by atoms with Crippen LogP contribution in [0.2, 0.25) is 0 Å². The lowest BCUT2D eigenvalue weighted by atomic mass is 10.1. The largest absolute Gasteiger partial charge is 0.361 e. The van der Waals surface area contributed by atoms with Crippen molar-refractivity contribution in [2.24, 2.45) is 0 Å². The van der Waals surface area contributed by atoms with E-state index < -0.39 is 9.84 Å². The van der Waals surface area contributed by atoms with Crippen LogP contribution in [0.3, 0.4) is 0 Å². The standard InChI is InChI=1S/C22H23N3O4S/c1-30(28,29)18-6-4-5-16(13-18)22(27)25-11-9-24(10-12-25)21(26)14-17-15-23-20-8-3-2-7-19(17)20/h2-8,13,15,23H,9-12,14H2,1H3. The van der Waals surface area contributed by atoms with E-state index in [1.807, 2.05) is 30.5 Å². The number of piperazine rings is 1. The highest BCUT2D eigenvalue weighted by Gasteiger charge is 2.25. The Morgan fingerprint density at radius 1 is 0.967 bits per heavy atom. The van der Waals surface area contributed by atoms with Crippen LogP contribution in [0, 0.1) is 0 Å². The number of H-pyrrole nitrogens is 1. The Kier molecular flexibility index (Phi) is 5.34. The Bertz CT molecular complexity index is 1210. The fourth-order valence-corrected chi connectivity index (χ4v) is 4.42. The van der Waals surface area contributed by atoms with Crippen molar-refractivity contribution in [3.63, 3.8) is 0 Å². The Balaban J connectivity index is 1.39. The van der Waals surface area contributed by atoms with Gasteiger partial charge in [0, 0.05) is 55.1 Å². The molecule has 156 valence electrons. The molecule has 1 aliphatic rings. The number of nitrogens with zero attached hydrogens (tertiary/aromatic N) is 2. The minimum atomic E-state index is -3.38. The Morgan fingerprint density at radius 2 is 1.67 bits per heavy atom. The summed E-state index contributed by atoms with van der Waals surface area (Å²) in [5, 5.41) is 1.05. The topological polar surface area (TPSA) is 90.6 Å². The minimum Gasteiger partial charge on any atom is -0.361 e. The zero-order chi connectivity index (χ0) is 21.3. The van der Waals surface area contributed by atoms with Crippen molar-refractivity contribution in [1.82, 2.24) is 14.8 Å². The van der Waals surface area contributed by atoms with E-state index in [4.69, 9.17) is 0 Å². The van der Waals surface area contributed by atoms with Gasteiger partial charge in [0.2, 0.25) is 5.91 Å². The maximum absolute atomic E-state index is 12.8. The van der Waals surface area contributed by atoms with Gasteiger partial charge in [0.15, 0.2) is 9.84 Å².